The van der Waals surface area contributed by atoms with Crippen LogP contribution < -0.4 is 0 Å². The quantitative estimate of drug-likeness (QED) is 0.693. The first-order chi connectivity index (χ1) is 5.55. The minimum atomic E-state index is -4.29. The van der Waals surface area contributed by atoms with Crippen molar-refractivity contribution in [3.63, 3.8) is 0 Å². The van der Waals surface area contributed by atoms with E-state index in [9.17, 15) is 4.57 Å². The number of phosphoric acid groups is 1. The molecule has 0 aromatic rings. The monoisotopic (exact) mass is 210 g/mol. The molecule has 8 heteroatoms. The minimum Gasteiger partial charge on any atom is -0.302 e. The van der Waals surface area contributed by atoms with Gasteiger partial charge >= 0.3 is 7.82 Å². The van der Waals surface area contributed by atoms with Gasteiger partial charge in [0.05, 0.1) is 30.6 Å². The van der Waals surface area contributed by atoms with Gasteiger partial charge in [-0.1, -0.05) is 0 Å². The summed E-state index contributed by atoms with van der Waals surface area (Å²) in [5.74, 6) is -1.11. The van der Waals surface area contributed by atoms with Crippen molar-refractivity contribution in [1.29, 1.82) is 10.5 Å². The Labute approximate surface area is 73.7 Å². The Balaban J connectivity index is 3.94. The fraction of sp³-hybridized carbons (Fsp3) is 0.500. The van der Waals surface area contributed by atoms with Gasteiger partial charge in [-0.05, 0) is 0 Å². The number of halogens is 1. The Morgan fingerprint density at radius 2 is 2.08 bits per heavy atom. The Morgan fingerprint density at radius 3 is 2.42 bits per heavy atom. The van der Waals surface area contributed by atoms with Crippen LogP contribution in [0, 0.1) is 28.6 Å². The maximum absolute atomic E-state index is 10.5. The third-order valence-corrected chi connectivity index (χ3v) is 1.98. The lowest BCUT2D eigenvalue weighted by Gasteiger charge is -2.05. The number of hydrogen-bond acceptors (Lipinski definition) is 5. The highest BCUT2D eigenvalue weighted by atomic mass is 35.5. The molecule has 0 bridgehead atoms. The molecule has 0 aliphatic heterocycles. The third-order valence-electron chi connectivity index (χ3n) is 0.803. The summed E-state index contributed by atoms with van der Waals surface area (Å²) in [7, 11) is -4.29. The van der Waals surface area contributed by atoms with E-state index in [1.807, 2.05) is 0 Å². The zero-order valence-corrected chi connectivity index (χ0v) is 7.33. The van der Waals surface area contributed by atoms with E-state index in [1.165, 1.54) is 12.1 Å². The summed E-state index contributed by atoms with van der Waals surface area (Å²) in [5.41, 5.74) is 0. The molecular formula is C4H4ClN2O4P. The SMILES string of the molecule is N#CC(C#N)COP(=O)(O)OCl. The van der Waals surface area contributed by atoms with E-state index in [2.05, 4.69) is 20.5 Å². The van der Waals surface area contributed by atoms with Gasteiger partial charge in [0.15, 0.2) is 5.92 Å². The van der Waals surface area contributed by atoms with Gasteiger partial charge in [-0.3, -0.25) is 4.52 Å². The van der Waals surface area contributed by atoms with Crippen LogP contribution in [0.15, 0.2) is 0 Å². The van der Waals surface area contributed by atoms with Crippen molar-refractivity contribution < 1.29 is 18.1 Å². The number of phosphoric ester groups is 1. The van der Waals surface area contributed by atoms with Gasteiger partial charge < -0.3 is 4.89 Å². The molecule has 1 N–H and O–H groups in total. The standard InChI is InChI=1S/C4H4ClN2O4P/c5-11-12(8,9)10-3-4(1-6)2-7/h4H,3H2,(H,8,9). The summed E-state index contributed by atoms with van der Waals surface area (Å²) in [5, 5.41) is 16.4. The van der Waals surface area contributed by atoms with Gasteiger partial charge in [0.1, 0.15) is 0 Å². The van der Waals surface area contributed by atoms with Crippen LogP contribution in [0.5, 0.6) is 0 Å². The van der Waals surface area contributed by atoms with Gasteiger partial charge in [0, 0.05) is 0 Å². The summed E-state index contributed by atoms with van der Waals surface area (Å²) < 4.78 is 18.1. The van der Waals surface area contributed by atoms with Gasteiger partial charge in [-0.2, -0.15) is 14.6 Å². The van der Waals surface area contributed by atoms with Gasteiger partial charge in [-0.15, -0.1) is 0 Å². The maximum atomic E-state index is 10.5. The lowest BCUT2D eigenvalue weighted by molar-refractivity contribution is 0.201. The Bertz CT molecular complexity index is 255. The van der Waals surface area contributed by atoms with Crippen LogP contribution in [0.2, 0.25) is 0 Å². The van der Waals surface area contributed by atoms with E-state index in [0.29, 0.717) is 0 Å². The molecule has 0 rings (SSSR count). The van der Waals surface area contributed by atoms with Crippen LogP contribution >= 0.6 is 19.7 Å². The molecular weight excluding hydrogens is 206 g/mol. The fourth-order valence-corrected chi connectivity index (χ4v) is 0.789. The van der Waals surface area contributed by atoms with Crippen molar-refractivity contribution >= 4 is 19.7 Å². The number of rotatable bonds is 4. The predicted molar refractivity (Wildman–Crippen MR) is 37.4 cm³/mol. The van der Waals surface area contributed by atoms with Crippen LogP contribution in [0.25, 0.3) is 0 Å². The highest BCUT2D eigenvalue weighted by Crippen LogP contribution is 2.44. The molecule has 0 aromatic carbocycles. The summed E-state index contributed by atoms with van der Waals surface area (Å²) >= 11 is 4.56. The highest BCUT2D eigenvalue weighted by molar-refractivity contribution is 7.48. The molecule has 0 radical (unpaired) electrons. The molecule has 0 aliphatic rings. The van der Waals surface area contributed by atoms with Crippen molar-refractivity contribution in [2.45, 2.75) is 0 Å². The van der Waals surface area contributed by atoms with Crippen molar-refractivity contribution in [2.75, 3.05) is 6.61 Å². The second-order valence-electron chi connectivity index (χ2n) is 1.64. The van der Waals surface area contributed by atoms with E-state index in [1.54, 1.807) is 0 Å². The molecule has 0 saturated heterocycles. The average Bonchev–Trinajstić information content (AvgIpc) is 2.06. The molecule has 66 valence electrons. The topological polar surface area (TPSA) is 103 Å². The number of hydrogen-bond donors (Lipinski definition) is 1. The second-order valence-corrected chi connectivity index (χ2v) is 3.39. The van der Waals surface area contributed by atoms with Gasteiger partial charge in [0.2, 0.25) is 0 Å². The molecule has 0 aliphatic carbocycles. The summed E-state index contributed by atoms with van der Waals surface area (Å²) in [6, 6.07) is 3.06. The van der Waals surface area contributed by atoms with Crippen LogP contribution in [-0.2, 0) is 13.2 Å². The first kappa shape index (κ1) is 11.4. The molecule has 0 aromatic heterocycles. The molecule has 1 atom stereocenters. The zero-order chi connectivity index (χ0) is 9.61. The number of nitriles is 2. The van der Waals surface area contributed by atoms with Crippen molar-refractivity contribution in [3.05, 3.63) is 0 Å². The Kier molecular flexibility index (Phi) is 4.84. The highest BCUT2D eigenvalue weighted by Gasteiger charge is 2.22. The lowest BCUT2D eigenvalue weighted by Crippen LogP contribution is -2.03. The smallest absolute Gasteiger partial charge is 0.302 e. The van der Waals surface area contributed by atoms with E-state index >= 15 is 0 Å². The van der Waals surface area contributed by atoms with Gasteiger partial charge in [-0.25, -0.2) is 4.57 Å². The molecule has 0 amide bonds. The van der Waals surface area contributed by atoms with Crippen LogP contribution in [0.1, 0.15) is 0 Å². The first-order valence-corrected chi connectivity index (χ1v) is 4.43. The van der Waals surface area contributed by atoms with E-state index in [0.717, 1.165) is 0 Å². The summed E-state index contributed by atoms with van der Waals surface area (Å²) in [6.45, 7) is -0.520. The Morgan fingerprint density at radius 1 is 1.58 bits per heavy atom. The van der Waals surface area contributed by atoms with E-state index in [4.69, 9.17) is 15.4 Å². The first-order valence-electron chi connectivity index (χ1n) is 2.62. The molecule has 0 heterocycles. The third kappa shape index (κ3) is 4.30. The van der Waals surface area contributed by atoms with Crippen molar-refractivity contribution in [2.24, 2.45) is 5.92 Å². The summed E-state index contributed by atoms with van der Waals surface area (Å²) in [4.78, 5) is 8.52. The molecule has 0 spiro atoms. The van der Waals surface area contributed by atoms with Crippen LogP contribution in [0.3, 0.4) is 0 Å². The average molecular weight is 211 g/mol. The van der Waals surface area contributed by atoms with E-state index < -0.39 is 20.3 Å². The normalized spacial score (nSPS) is 14.8. The number of nitrogens with zero attached hydrogens (tertiary/aromatic N) is 2. The zero-order valence-electron chi connectivity index (χ0n) is 5.68. The molecule has 6 nitrogen and oxygen atoms in total. The molecule has 12 heavy (non-hydrogen) atoms. The van der Waals surface area contributed by atoms with Gasteiger partial charge in [0.25, 0.3) is 0 Å². The van der Waals surface area contributed by atoms with Crippen LogP contribution in [-0.4, -0.2) is 11.5 Å². The summed E-state index contributed by atoms with van der Waals surface area (Å²) in [6.07, 6.45) is 0. The van der Waals surface area contributed by atoms with Crippen molar-refractivity contribution in [1.82, 2.24) is 0 Å². The minimum absolute atomic E-state index is 0.520. The largest absolute Gasteiger partial charge is 0.488 e. The van der Waals surface area contributed by atoms with Crippen molar-refractivity contribution in [3.8, 4) is 12.1 Å². The van der Waals surface area contributed by atoms with E-state index in [-0.39, 0.29) is 0 Å². The molecule has 0 saturated carbocycles. The maximum Gasteiger partial charge on any atom is 0.488 e. The molecule has 1 unspecified atom stereocenters. The Hall–Kier alpha value is -0.620. The molecule has 0 fully saturated rings. The second kappa shape index (κ2) is 5.10. The predicted octanol–water partition coefficient (Wildman–Crippen LogP) is 0.937. The van der Waals surface area contributed by atoms with Crippen LogP contribution in [0.4, 0.5) is 0 Å². The fourth-order valence-electron chi connectivity index (χ4n) is 0.292. The lowest BCUT2D eigenvalue weighted by atomic mass is 10.2.